The van der Waals surface area contributed by atoms with Gasteiger partial charge >= 0.3 is 5.97 Å². The Bertz CT molecular complexity index is 947. The average Bonchev–Trinajstić information content (AvgIpc) is 2.77. The number of fused-ring (bicyclic) bond motifs is 1. The zero-order valence-corrected chi connectivity index (χ0v) is 17.3. The highest BCUT2D eigenvalue weighted by Crippen LogP contribution is 2.24. The summed E-state index contributed by atoms with van der Waals surface area (Å²) in [5.41, 5.74) is 4.31. The van der Waals surface area contributed by atoms with Gasteiger partial charge in [0.1, 0.15) is 5.75 Å². The van der Waals surface area contributed by atoms with Crippen molar-refractivity contribution in [2.45, 2.75) is 51.7 Å². The minimum absolute atomic E-state index is 0.171. The molecule has 2 aromatic carbocycles. The van der Waals surface area contributed by atoms with E-state index in [0.29, 0.717) is 11.3 Å². The number of nitriles is 1. The fourth-order valence-electron chi connectivity index (χ4n) is 3.50. The predicted octanol–water partition coefficient (Wildman–Crippen LogP) is 3.62. The molecule has 1 aliphatic rings. The molecular formula is C24H26N2O4. The standard InChI is InChI=1S/C24H26N2O4/c1-16(20-10-9-19-5-3-4-6-21(19)13-20)26-23(27)15-29-24(28)17(2)30-22-11-7-18(14-25)8-12-22/h7-13,16-17H,3-6,15H2,1-2H3,(H,26,27). The van der Waals surface area contributed by atoms with E-state index in [0.717, 1.165) is 18.4 Å². The van der Waals surface area contributed by atoms with E-state index in [2.05, 4.69) is 23.5 Å². The maximum atomic E-state index is 12.2. The van der Waals surface area contributed by atoms with E-state index in [1.165, 1.54) is 24.0 Å². The van der Waals surface area contributed by atoms with Crippen LogP contribution < -0.4 is 10.1 Å². The Morgan fingerprint density at radius 3 is 2.47 bits per heavy atom. The molecule has 156 valence electrons. The summed E-state index contributed by atoms with van der Waals surface area (Å²) in [6, 6.07) is 14.6. The summed E-state index contributed by atoms with van der Waals surface area (Å²) >= 11 is 0. The molecular weight excluding hydrogens is 380 g/mol. The molecule has 0 saturated heterocycles. The summed E-state index contributed by atoms with van der Waals surface area (Å²) in [4.78, 5) is 24.3. The highest BCUT2D eigenvalue weighted by Gasteiger charge is 2.19. The first kappa shape index (κ1) is 21.4. The lowest BCUT2D eigenvalue weighted by molar-refractivity contribution is -0.154. The third-order valence-electron chi connectivity index (χ3n) is 5.22. The van der Waals surface area contributed by atoms with Crippen molar-refractivity contribution in [3.8, 4) is 11.8 Å². The van der Waals surface area contributed by atoms with Crippen molar-refractivity contribution in [1.29, 1.82) is 5.26 Å². The van der Waals surface area contributed by atoms with Crippen LogP contribution in [0.1, 0.15) is 55.0 Å². The van der Waals surface area contributed by atoms with Crippen LogP contribution in [0.2, 0.25) is 0 Å². The summed E-state index contributed by atoms with van der Waals surface area (Å²) < 4.78 is 10.6. The minimum atomic E-state index is -0.871. The molecule has 0 spiro atoms. The van der Waals surface area contributed by atoms with E-state index in [4.69, 9.17) is 14.7 Å². The highest BCUT2D eigenvalue weighted by molar-refractivity contribution is 5.82. The summed E-state index contributed by atoms with van der Waals surface area (Å²) in [5, 5.41) is 11.7. The van der Waals surface area contributed by atoms with E-state index in [1.807, 2.05) is 13.0 Å². The number of rotatable bonds is 7. The number of nitrogens with one attached hydrogen (secondary N) is 1. The number of nitrogens with zero attached hydrogens (tertiary/aromatic N) is 1. The van der Waals surface area contributed by atoms with Crippen molar-refractivity contribution < 1.29 is 19.1 Å². The Balaban J connectivity index is 1.46. The Hall–Kier alpha value is -3.33. The average molecular weight is 406 g/mol. The molecule has 1 amide bonds. The monoisotopic (exact) mass is 406 g/mol. The molecule has 1 aliphatic carbocycles. The van der Waals surface area contributed by atoms with Crippen LogP contribution in [0, 0.1) is 11.3 Å². The molecule has 0 aromatic heterocycles. The summed E-state index contributed by atoms with van der Waals surface area (Å²) in [7, 11) is 0. The van der Waals surface area contributed by atoms with Gasteiger partial charge < -0.3 is 14.8 Å². The van der Waals surface area contributed by atoms with Gasteiger partial charge in [-0.25, -0.2) is 4.79 Å². The van der Waals surface area contributed by atoms with Crippen LogP contribution in [0.25, 0.3) is 0 Å². The van der Waals surface area contributed by atoms with Crippen LogP contribution in [0.4, 0.5) is 0 Å². The number of benzene rings is 2. The second-order valence-electron chi connectivity index (χ2n) is 7.53. The van der Waals surface area contributed by atoms with Crippen LogP contribution >= 0.6 is 0 Å². The van der Waals surface area contributed by atoms with Crippen molar-refractivity contribution in [2.24, 2.45) is 0 Å². The zero-order valence-electron chi connectivity index (χ0n) is 17.3. The summed E-state index contributed by atoms with van der Waals surface area (Å²) in [6.07, 6.45) is 3.77. The number of aryl methyl sites for hydroxylation is 2. The first-order chi connectivity index (χ1) is 14.5. The fraction of sp³-hybridized carbons (Fsp3) is 0.375. The van der Waals surface area contributed by atoms with E-state index >= 15 is 0 Å². The molecule has 2 aromatic rings. The lowest BCUT2D eigenvalue weighted by Crippen LogP contribution is -2.34. The lowest BCUT2D eigenvalue weighted by Gasteiger charge is -2.20. The quantitative estimate of drug-likeness (QED) is 0.710. The Kier molecular flexibility index (Phi) is 7.08. The number of carbonyl (C=O) groups is 2. The van der Waals surface area contributed by atoms with Crippen LogP contribution in [0.15, 0.2) is 42.5 Å². The van der Waals surface area contributed by atoms with Gasteiger partial charge in [-0.1, -0.05) is 18.2 Å². The van der Waals surface area contributed by atoms with Crippen molar-refractivity contribution in [3.05, 3.63) is 64.7 Å². The molecule has 0 bridgehead atoms. The Morgan fingerprint density at radius 1 is 1.07 bits per heavy atom. The third-order valence-corrected chi connectivity index (χ3v) is 5.22. The van der Waals surface area contributed by atoms with Gasteiger partial charge in [-0.05, 0) is 80.5 Å². The maximum absolute atomic E-state index is 12.2. The molecule has 1 N–H and O–H groups in total. The van der Waals surface area contributed by atoms with Gasteiger partial charge in [-0.15, -0.1) is 0 Å². The highest BCUT2D eigenvalue weighted by atomic mass is 16.6. The van der Waals surface area contributed by atoms with Gasteiger partial charge in [-0.3, -0.25) is 4.79 Å². The van der Waals surface area contributed by atoms with Gasteiger partial charge in [0.15, 0.2) is 12.7 Å². The molecule has 0 aliphatic heterocycles. The Morgan fingerprint density at radius 2 is 1.77 bits per heavy atom. The van der Waals surface area contributed by atoms with Crippen molar-refractivity contribution in [3.63, 3.8) is 0 Å². The van der Waals surface area contributed by atoms with Gasteiger partial charge in [0.05, 0.1) is 17.7 Å². The fourth-order valence-corrected chi connectivity index (χ4v) is 3.50. The van der Waals surface area contributed by atoms with Gasteiger partial charge in [0.2, 0.25) is 0 Å². The second kappa shape index (κ2) is 9.93. The predicted molar refractivity (Wildman–Crippen MR) is 112 cm³/mol. The zero-order chi connectivity index (χ0) is 21.5. The number of hydrogen-bond donors (Lipinski definition) is 1. The first-order valence-corrected chi connectivity index (χ1v) is 10.2. The number of amides is 1. The van der Waals surface area contributed by atoms with Crippen molar-refractivity contribution >= 4 is 11.9 Å². The molecule has 30 heavy (non-hydrogen) atoms. The van der Waals surface area contributed by atoms with E-state index in [1.54, 1.807) is 31.2 Å². The first-order valence-electron chi connectivity index (χ1n) is 10.2. The third kappa shape index (κ3) is 5.60. The molecule has 0 fully saturated rings. The summed E-state index contributed by atoms with van der Waals surface area (Å²) in [5.74, 6) is -0.543. The largest absolute Gasteiger partial charge is 0.479 e. The van der Waals surface area contributed by atoms with Gasteiger partial charge in [-0.2, -0.15) is 5.26 Å². The SMILES string of the molecule is CC(Oc1ccc(C#N)cc1)C(=O)OCC(=O)NC(C)c1ccc2c(c1)CCCC2. The normalized spacial score (nSPS) is 14.6. The molecule has 2 unspecified atom stereocenters. The molecule has 0 radical (unpaired) electrons. The van der Waals surface area contributed by atoms with Crippen LogP contribution in [0.5, 0.6) is 5.75 Å². The number of carbonyl (C=O) groups excluding carboxylic acids is 2. The molecule has 6 nitrogen and oxygen atoms in total. The topological polar surface area (TPSA) is 88.4 Å². The smallest absolute Gasteiger partial charge is 0.347 e. The van der Waals surface area contributed by atoms with E-state index < -0.39 is 12.1 Å². The molecule has 0 heterocycles. The molecule has 2 atom stereocenters. The summed E-state index contributed by atoms with van der Waals surface area (Å²) in [6.45, 7) is 3.10. The minimum Gasteiger partial charge on any atom is -0.479 e. The van der Waals surface area contributed by atoms with Crippen molar-refractivity contribution in [1.82, 2.24) is 5.32 Å². The number of hydrogen-bond acceptors (Lipinski definition) is 5. The second-order valence-corrected chi connectivity index (χ2v) is 7.53. The maximum Gasteiger partial charge on any atom is 0.347 e. The molecule has 3 rings (SSSR count). The van der Waals surface area contributed by atoms with E-state index in [9.17, 15) is 9.59 Å². The van der Waals surface area contributed by atoms with Crippen LogP contribution in [-0.4, -0.2) is 24.6 Å². The van der Waals surface area contributed by atoms with Crippen molar-refractivity contribution in [2.75, 3.05) is 6.61 Å². The molecule has 6 heteroatoms. The van der Waals surface area contributed by atoms with Gasteiger partial charge in [0, 0.05) is 0 Å². The Labute approximate surface area is 176 Å². The number of esters is 1. The number of ether oxygens (including phenoxy) is 2. The molecule has 0 saturated carbocycles. The van der Waals surface area contributed by atoms with Crippen LogP contribution in [0.3, 0.4) is 0 Å². The van der Waals surface area contributed by atoms with Crippen LogP contribution in [-0.2, 0) is 27.2 Å². The van der Waals surface area contributed by atoms with E-state index in [-0.39, 0.29) is 18.6 Å². The lowest BCUT2D eigenvalue weighted by atomic mass is 9.89. The van der Waals surface area contributed by atoms with Gasteiger partial charge in [0.25, 0.3) is 5.91 Å².